The van der Waals surface area contributed by atoms with Gasteiger partial charge in [-0.1, -0.05) is 49.4 Å². The minimum Gasteiger partial charge on any atom is -0.478 e. The number of carbonyl (C=O) groups is 1. The number of hydrogen-bond donors (Lipinski definition) is 2. The molecule has 2 aromatic carbocycles. The predicted molar refractivity (Wildman–Crippen MR) is 110 cm³/mol. The van der Waals surface area contributed by atoms with E-state index in [1.54, 1.807) is 18.2 Å². The van der Waals surface area contributed by atoms with Crippen LogP contribution < -0.4 is 5.56 Å². The second-order valence-corrected chi connectivity index (χ2v) is 6.82. The monoisotopic (exact) mass is 388 g/mol. The number of H-pyrrole nitrogens is 1. The number of aromatic amines is 1. The van der Waals surface area contributed by atoms with E-state index in [0.29, 0.717) is 23.3 Å². The molecular formula is C22H20N4O3. The van der Waals surface area contributed by atoms with E-state index in [4.69, 9.17) is 0 Å². The number of nitrogens with one attached hydrogen (secondary N) is 1. The fraction of sp³-hybridized carbons (Fsp3) is 0.182. The normalized spacial score (nSPS) is 11.1. The zero-order chi connectivity index (χ0) is 20.4. The number of aromatic carboxylic acids is 1. The summed E-state index contributed by atoms with van der Waals surface area (Å²) in [5.74, 6) is -0.123. The van der Waals surface area contributed by atoms with Crippen molar-refractivity contribution in [2.45, 2.75) is 26.3 Å². The van der Waals surface area contributed by atoms with Crippen LogP contribution in [0.25, 0.3) is 22.3 Å². The van der Waals surface area contributed by atoms with Crippen molar-refractivity contribution in [3.8, 4) is 11.1 Å². The molecule has 0 radical (unpaired) electrons. The van der Waals surface area contributed by atoms with Crippen LogP contribution in [-0.2, 0) is 13.0 Å². The van der Waals surface area contributed by atoms with Crippen LogP contribution in [0, 0.1) is 0 Å². The molecule has 0 saturated carbocycles. The topological polar surface area (TPSA) is 101 Å². The molecule has 7 heteroatoms. The molecule has 0 aliphatic carbocycles. The number of rotatable bonds is 6. The number of aromatic nitrogens is 4. The predicted octanol–water partition coefficient (Wildman–Crippen LogP) is 3.49. The van der Waals surface area contributed by atoms with Crippen LogP contribution in [0.3, 0.4) is 0 Å². The standard InChI is InChI=1S/C22H20N4O3/c1-2-5-18-25-19-20(23-13-24-21(19)27)26(18)12-14-8-10-15(11-9-14)16-6-3-4-7-17(16)22(28)29/h3-4,6-11,13H,2,5,12H2,1H3,(H,28,29)(H,23,24,27). The van der Waals surface area contributed by atoms with Crippen LogP contribution in [0.4, 0.5) is 0 Å². The van der Waals surface area contributed by atoms with Crippen LogP contribution in [-0.4, -0.2) is 30.6 Å². The van der Waals surface area contributed by atoms with E-state index in [0.717, 1.165) is 29.8 Å². The van der Waals surface area contributed by atoms with Gasteiger partial charge in [0.2, 0.25) is 0 Å². The number of nitrogens with zero attached hydrogens (tertiary/aromatic N) is 3. The lowest BCUT2D eigenvalue weighted by Crippen LogP contribution is -2.08. The van der Waals surface area contributed by atoms with Gasteiger partial charge >= 0.3 is 5.97 Å². The lowest BCUT2D eigenvalue weighted by molar-refractivity contribution is 0.0697. The highest BCUT2D eigenvalue weighted by Crippen LogP contribution is 2.25. The summed E-state index contributed by atoms with van der Waals surface area (Å²) in [5, 5.41) is 9.41. The van der Waals surface area contributed by atoms with E-state index < -0.39 is 5.97 Å². The minimum atomic E-state index is -0.949. The molecule has 0 unspecified atom stereocenters. The molecule has 4 aromatic rings. The summed E-state index contributed by atoms with van der Waals surface area (Å²) >= 11 is 0. The Bertz CT molecular complexity index is 1240. The third kappa shape index (κ3) is 3.54. The lowest BCUT2D eigenvalue weighted by Gasteiger charge is -2.10. The zero-order valence-electron chi connectivity index (χ0n) is 15.9. The first-order valence-electron chi connectivity index (χ1n) is 9.43. The highest BCUT2D eigenvalue weighted by molar-refractivity contribution is 5.96. The third-order valence-corrected chi connectivity index (χ3v) is 4.85. The lowest BCUT2D eigenvalue weighted by atomic mass is 9.99. The van der Waals surface area contributed by atoms with Gasteiger partial charge in [-0.25, -0.2) is 14.8 Å². The minimum absolute atomic E-state index is 0.244. The second kappa shape index (κ2) is 7.71. The Kier molecular flexibility index (Phi) is 4.95. The number of imidazole rings is 1. The van der Waals surface area contributed by atoms with Gasteiger partial charge in [0.15, 0.2) is 11.2 Å². The summed E-state index contributed by atoms with van der Waals surface area (Å²) in [6, 6.07) is 14.7. The van der Waals surface area contributed by atoms with E-state index in [2.05, 4.69) is 21.9 Å². The van der Waals surface area contributed by atoms with Crippen molar-refractivity contribution in [1.82, 2.24) is 19.5 Å². The largest absolute Gasteiger partial charge is 0.478 e. The summed E-state index contributed by atoms with van der Waals surface area (Å²) in [4.78, 5) is 34.9. The van der Waals surface area contributed by atoms with Crippen molar-refractivity contribution in [2.24, 2.45) is 0 Å². The molecule has 0 atom stereocenters. The highest BCUT2D eigenvalue weighted by atomic mass is 16.4. The first kappa shape index (κ1) is 18.6. The van der Waals surface area contributed by atoms with Gasteiger partial charge in [-0.2, -0.15) is 0 Å². The van der Waals surface area contributed by atoms with Crippen LogP contribution in [0.15, 0.2) is 59.7 Å². The molecule has 4 rings (SSSR count). The Labute approximate surface area is 166 Å². The molecule has 0 fully saturated rings. The summed E-state index contributed by atoms with van der Waals surface area (Å²) in [6.45, 7) is 2.60. The number of carboxylic acid groups (broad SMARTS) is 1. The van der Waals surface area contributed by atoms with Gasteiger partial charge in [0, 0.05) is 6.42 Å². The van der Waals surface area contributed by atoms with Gasteiger partial charge in [0.25, 0.3) is 5.56 Å². The van der Waals surface area contributed by atoms with Crippen LogP contribution in [0.5, 0.6) is 0 Å². The Morgan fingerprint density at radius 2 is 1.90 bits per heavy atom. The van der Waals surface area contributed by atoms with Crippen molar-refractivity contribution in [3.05, 3.63) is 82.2 Å². The number of hydrogen-bond acceptors (Lipinski definition) is 4. The van der Waals surface area contributed by atoms with E-state index in [1.165, 1.54) is 6.33 Å². The number of carboxylic acids is 1. The molecular weight excluding hydrogens is 368 g/mol. The maximum Gasteiger partial charge on any atom is 0.336 e. The average molecular weight is 388 g/mol. The number of benzene rings is 2. The Morgan fingerprint density at radius 1 is 1.14 bits per heavy atom. The summed E-state index contributed by atoms with van der Waals surface area (Å²) in [6.07, 6.45) is 3.05. The smallest absolute Gasteiger partial charge is 0.336 e. The molecule has 146 valence electrons. The van der Waals surface area contributed by atoms with E-state index in [-0.39, 0.29) is 11.1 Å². The molecule has 0 aliphatic heterocycles. The molecule has 29 heavy (non-hydrogen) atoms. The highest BCUT2D eigenvalue weighted by Gasteiger charge is 2.15. The average Bonchev–Trinajstić information content (AvgIpc) is 3.07. The maximum absolute atomic E-state index is 12.1. The first-order valence-corrected chi connectivity index (χ1v) is 9.43. The van der Waals surface area contributed by atoms with Gasteiger partial charge in [0.05, 0.1) is 18.4 Å². The van der Waals surface area contributed by atoms with Crippen molar-refractivity contribution in [1.29, 1.82) is 0 Å². The van der Waals surface area contributed by atoms with Crippen molar-refractivity contribution < 1.29 is 9.90 Å². The third-order valence-electron chi connectivity index (χ3n) is 4.85. The van der Waals surface area contributed by atoms with Gasteiger partial charge in [0.1, 0.15) is 5.82 Å². The van der Waals surface area contributed by atoms with Crippen LogP contribution in [0.1, 0.15) is 35.1 Å². The van der Waals surface area contributed by atoms with E-state index in [1.807, 2.05) is 34.9 Å². The van der Waals surface area contributed by atoms with Crippen molar-refractivity contribution in [3.63, 3.8) is 0 Å². The molecule has 0 saturated heterocycles. The Balaban J connectivity index is 1.70. The fourth-order valence-electron chi connectivity index (χ4n) is 3.47. The summed E-state index contributed by atoms with van der Waals surface area (Å²) in [5.41, 5.74) is 3.48. The molecule has 2 N–H and O–H groups in total. The Hall–Kier alpha value is -3.74. The summed E-state index contributed by atoms with van der Waals surface area (Å²) in [7, 11) is 0. The number of aryl methyl sites for hydroxylation is 1. The molecule has 7 nitrogen and oxygen atoms in total. The van der Waals surface area contributed by atoms with Crippen molar-refractivity contribution >= 4 is 17.1 Å². The molecule has 0 bridgehead atoms. The second-order valence-electron chi connectivity index (χ2n) is 6.82. The molecule has 0 amide bonds. The number of fused-ring (bicyclic) bond motifs is 1. The van der Waals surface area contributed by atoms with E-state index in [9.17, 15) is 14.7 Å². The quantitative estimate of drug-likeness (QED) is 0.527. The fourth-order valence-corrected chi connectivity index (χ4v) is 3.47. The molecule has 2 aromatic heterocycles. The maximum atomic E-state index is 12.1. The van der Waals surface area contributed by atoms with Gasteiger partial charge in [-0.05, 0) is 29.2 Å². The van der Waals surface area contributed by atoms with Gasteiger partial charge in [-0.15, -0.1) is 0 Å². The van der Waals surface area contributed by atoms with E-state index >= 15 is 0 Å². The van der Waals surface area contributed by atoms with Gasteiger partial charge < -0.3 is 14.7 Å². The molecule has 0 spiro atoms. The van der Waals surface area contributed by atoms with Crippen LogP contribution in [0.2, 0.25) is 0 Å². The summed E-state index contributed by atoms with van der Waals surface area (Å²) < 4.78 is 1.97. The first-order chi connectivity index (χ1) is 14.1. The molecule has 2 heterocycles. The van der Waals surface area contributed by atoms with Gasteiger partial charge in [-0.3, -0.25) is 4.79 Å². The van der Waals surface area contributed by atoms with Crippen molar-refractivity contribution in [2.75, 3.05) is 0 Å². The Morgan fingerprint density at radius 3 is 2.62 bits per heavy atom. The SMILES string of the molecule is CCCc1nc2c(=O)[nH]cnc2n1Cc1ccc(-c2ccccc2C(=O)O)cc1. The molecule has 0 aliphatic rings. The zero-order valence-corrected chi connectivity index (χ0v) is 15.9. The van der Waals surface area contributed by atoms with Crippen LogP contribution >= 0.6 is 0 Å².